The Morgan fingerprint density at radius 3 is 2.79 bits per heavy atom. The van der Waals surface area contributed by atoms with Gasteiger partial charge in [-0.15, -0.1) is 0 Å². The van der Waals surface area contributed by atoms with Crippen LogP contribution in [-0.4, -0.2) is 38.1 Å². The summed E-state index contributed by atoms with van der Waals surface area (Å²) in [5.41, 5.74) is 1.01. The summed E-state index contributed by atoms with van der Waals surface area (Å²) in [6, 6.07) is 9.93. The molecule has 0 radical (unpaired) electrons. The van der Waals surface area contributed by atoms with Crippen molar-refractivity contribution < 1.29 is 14.3 Å². The maximum Gasteiger partial charge on any atom is 0.246 e. The van der Waals surface area contributed by atoms with E-state index in [1.165, 1.54) is 7.11 Å². The van der Waals surface area contributed by atoms with Gasteiger partial charge < -0.3 is 15.4 Å². The molecule has 0 aromatic heterocycles. The molecule has 130 valence electrons. The minimum absolute atomic E-state index is 0.0713. The van der Waals surface area contributed by atoms with Crippen LogP contribution in [0.4, 0.5) is 0 Å². The molecule has 2 rings (SSSR count). The summed E-state index contributed by atoms with van der Waals surface area (Å²) in [6.45, 7) is 0.747. The molecule has 0 spiro atoms. The van der Waals surface area contributed by atoms with E-state index in [1.54, 1.807) is 6.08 Å². The lowest BCUT2D eigenvalue weighted by Crippen LogP contribution is -2.42. The molecule has 5 nitrogen and oxygen atoms in total. The molecule has 1 aliphatic rings. The van der Waals surface area contributed by atoms with Crippen molar-refractivity contribution in [2.75, 3.05) is 20.3 Å². The Morgan fingerprint density at radius 2 is 2.04 bits per heavy atom. The van der Waals surface area contributed by atoms with Crippen LogP contribution in [-0.2, 0) is 14.3 Å². The molecule has 1 saturated carbocycles. The van der Waals surface area contributed by atoms with Crippen LogP contribution in [0, 0.1) is 5.92 Å². The van der Waals surface area contributed by atoms with E-state index in [4.69, 9.17) is 4.74 Å². The second-order valence-electron chi connectivity index (χ2n) is 6.22. The van der Waals surface area contributed by atoms with Gasteiger partial charge in [0, 0.05) is 25.8 Å². The predicted molar refractivity (Wildman–Crippen MR) is 94.3 cm³/mol. The van der Waals surface area contributed by atoms with E-state index in [-0.39, 0.29) is 24.5 Å². The number of carbonyl (C=O) groups is 2. The zero-order valence-corrected chi connectivity index (χ0v) is 14.2. The summed E-state index contributed by atoms with van der Waals surface area (Å²) in [5.74, 6) is 0.253. The Balaban J connectivity index is 1.72. The lowest BCUT2D eigenvalue weighted by molar-refractivity contribution is -0.125. The lowest BCUT2D eigenvalue weighted by atomic mass is 9.85. The molecule has 2 atom stereocenters. The van der Waals surface area contributed by atoms with Crippen LogP contribution in [0.1, 0.15) is 31.2 Å². The second kappa shape index (κ2) is 9.88. The molecule has 0 unspecified atom stereocenters. The molecule has 1 aromatic rings. The average Bonchev–Trinajstić information content (AvgIpc) is 2.59. The van der Waals surface area contributed by atoms with E-state index < -0.39 is 0 Å². The number of hydrogen-bond acceptors (Lipinski definition) is 3. The maximum absolute atomic E-state index is 11.9. The first-order chi connectivity index (χ1) is 11.7. The second-order valence-corrected chi connectivity index (χ2v) is 6.22. The average molecular weight is 330 g/mol. The number of ether oxygens (including phenoxy) is 1. The number of hydrogen-bond donors (Lipinski definition) is 2. The SMILES string of the molecule is COCC(=O)N[C@H]1CCC[C@@H](CNC(=O)/C=C/c2ccccc2)C1. The monoisotopic (exact) mass is 330 g/mol. The fourth-order valence-electron chi connectivity index (χ4n) is 3.05. The number of carbonyl (C=O) groups excluding carboxylic acids is 2. The van der Waals surface area contributed by atoms with Crippen LogP contribution in [0.3, 0.4) is 0 Å². The zero-order chi connectivity index (χ0) is 17.2. The summed E-state index contributed by atoms with van der Waals surface area (Å²) < 4.78 is 4.84. The van der Waals surface area contributed by atoms with E-state index in [0.717, 1.165) is 31.2 Å². The highest BCUT2D eigenvalue weighted by molar-refractivity contribution is 5.91. The summed E-state index contributed by atoms with van der Waals surface area (Å²) in [6.07, 6.45) is 7.42. The molecule has 0 heterocycles. The van der Waals surface area contributed by atoms with Crippen molar-refractivity contribution >= 4 is 17.9 Å². The van der Waals surface area contributed by atoms with Crippen molar-refractivity contribution in [3.05, 3.63) is 42.0 Å². The summed E-state index contributed by atoms with van der Waals surface area (Å²) in [5, 5.41) is 5.95. The lowest BCUT2D eigenvalue weighted by Gasteiger charge is -2.29. The van der Waals surface area contributed by atoms with Crippen molar-refractivity contribution in [1.82, 2.24) is 10.6 Å². The fourth-order valence-corrected chi connectivity index (χ4v) is 3.05. The van der Waals surface area contributed by atoms with Crippen LogP contribution >= 0.6 is 0 Å². The number of nitrogens with one attached hydrogen (secondary N) is 2. The fraction of sp³-hybridized carbons (Fsp3) is 0.474. The highest BCUT2D eigenvalue weighted by Gasteiger charge is 2.23. The maximum atomic E-state index is 11.9. The third kappa shape index (κ3) is 6.54. The smallest absolute Gasteiger partial charge is 0.246 e. The summed E-state index contributed by atoms with van der Waals surface area (Å²) >= 11 is 0. The standard InChI is InChI=1S/C19H26N2O3/c1-24-14-19(23)21-17-9-5-8-16(12-17)13-20-18(22)11-10-15-6-3-2-4-7-15/h2-4,6-7,10-11,16-17H,5,8-9,12-14H2,1H3,(H,20,22)(H,21,23)/b11-10+/t16-,17+/m1/s1. The van der Waals surface area contributed by atoms with Crippen molar-refractivity contribution in [3.63, 3.8) is 0 Å². The van der Waals surface area contributed by atoms with Crippen molar-refractivity contribution in [2.45, 2.75) is 31.7 Å². The van der Waals surface area contributed by atoms with Crippen LogP contribution in [0.15, 0.2) is 36.4 Å². The summed E-state index contributed by atoms with van der Waals surface area (Å²) in [7, 11) is 1.52. The van der Waals surface area contributed by atoms with Crippen LogP contribution in [0.2, 0.25) is 0 Å². The van der Waals surface area contributed by atoms with E-state index >= 15 is 0 Å². The topological polar surface area (TPSA) is 67.4 Å². The third-order valence-electron chi connectivity index (χ3n) is 4.22. The van der Waals surface area contributed by atoms with E-state index in [9.17, 15) is 9.59 Å². The highest BCUT2D eigenvalue weighted by atomic mass is 16.5. The summed E-state index contributed by atoms with van der Waals surface area (Å²) in [4.78, 5) is 23.5. The van der Waals surface area contributed by atoms with Gasteiger partial charge in [-0.05, 0) is 36.8 Å². The van der Waals surface area contributed by atoms with Crippen molar-refractivity contribution in [2.24, 2.45) is 5.92 Å². The Bertz CT molecular complexity index is 557. The number of benzene rings is 1. The molecular weight excluding hydrogens is 304 g/mol. The molecular formula is C19H26N2O3. The number of methoxy groups -OCH3 is 1. The number of amides is 2. The molecule has 0 saturated heterocycles. The van der Waals surface area contributed by atoms with Gasteiger partial charge in [-0.25, -0.2) is 0 Å². The molecule has 2 amide bonds. The molecule has 0 bridgehead atoms. The van der Waals surface area contributed by atoms with Gasteiger partial charge in [0.05, 0.1) is 0 Å². The zero-order valence-electron chi connectivity index (χ0n) is 14.2. The molecule has 0 aliphatic heterocycles. The van der Waals surface area contributed by atoms with E-state index in [2.05, 4.69) is 10.6 Å². The Kier molecular flexibility index (Phi) is 7.49. The molecule has 24 heavy (non-hydrogen) atoms. The molecule has 1 fully saturated rings. The van der Waals surface area contributed by atoms with E-state index in [1.807, 2.05) is 36.4 Å². The first kappa shape index (κ1) is 18.2. The molecule has 5 heteroatoms. The van der Waals surface area contributed by atoms with Gasteiger partial charge in [0.1, 0.15) is 6.61 Å². The Hall–Kier alpha value is -2.14. The van der Waals surface area contributed by atoms with E-state index in [0.29, 0.717) is 12.5 Å². The first-order valence-corrected chi connectivity index (χ1v) is 8.46. The van der Waals surface area contributed by atoms with Crippen molar-refractivity contribution in [3.8, 4) is 0 Å². The van der Waals surface area contributed by atoms with Crippen LogP contribution in [0.25, 0.3) is 6.08 Å². The largest absolute Gasteiger partial charge is 0.375 e. The Labute approximate surface area is 143 Å². The van der Waals surface area contributed by atoms with Gasteiger partial charge >= 0.3 is 0 Å². The van der Waals surface area contributed by atoms with Gasteiger partial charge in [0.2, 0.25) is 11.8 Å². The number of rotatable bonds is 7. The quantitative estimate of drug-likeness (QED) is 0.753. The van der Waals surface area contributed by atoms with Crippen molar-refractivity contribution in [1.29, 1.82) is 0 Å². The first-order valence-electron chi connectivity index (χ1n) is 8.46. The minimum atomic E-state index is -0.0793. The van der Waals surface area contributed by atoms with Gasteiger partial charge in [-0.3, -0.25) is 9.59 Å². The van der Waals surface area contributed by atoms with Gasteiger partial charge in [0.25, 0.3) is 0 Å². The van der Waals surface area contributed by atoms with Crippen LogP contribution < -0.4 is 10.6 Å². The molecule has 2 N–H and O–H groups in total. The third-order valence-corrected chi connectivity index (χ3v) is 4.22. The van der Waals surface area contributed by atoms with Crippen LogP contribution in [0.5, 0.6) is 0 Å². The normalized spacial score (nSPS) is 20.7. The van der Waals surface area contributed by atoms with Gasteiger partial charge in [-0.2, -0.15) is 0 Å². The predicted octanol–water partition coefficient (Wildman–Crippen LogP) is 2.14. The van der Waals surface area contributed by atoms with Gasteiger partial charge in [-0.1, -0.05) is 36.8 Å². The minimum Gasteiger partial charge on any atom is -0.375 e. The molecule has 1 aromatic carbocycles. The Morgan fingerprint density at radius 1 is 1.25 bits per heavy atom. The molecule has 1 aliphatic carbocycles. The highest BCUT2D eigenvalue weighted by Crippen LogP contribution is 2.23. The van der Waals surface area contributed by atoms with Gasteiger partial charge in [0.15, 0.2) is 0 Å².